The van der Waals surface area contributed by atoms with Gasteiger partial charge in [0, 0.05) is 19.4 Å². The number of nitrogens with two attached hydrogens (primary N) is 1. The SMILES string of the molecule is NC(=O)c1ccc(NC2(CO)CCOCC2)nc1. The first-order valence-corrected chi connectivity index (χ1v) is 5.88. The molecule has 18 heavy (non-hydrogen) atoms. The van der Waals surface area contributed by atoms with E-state index in [1.54, 1.807) is 12.1 Å². The molecule has 1 aromatic rings. The van der Waals surface area contributed by atoms with Crippen LogP contribution < -0.4 is 11.1 Å². The number of amides is 1. The lowest BCUT2D eigenvalue weighted by Crippen LogP contribution is -2.47. The molecule has 0 saturated carbocycles. The van der Waals surface area contributed by atoms with E-state index in [-0.39, 0.29) is 12.1 Å². The first kappa shape index (κ1) is 12.8. The zero-order valence-electron chi connectivity index (χ0n) is 10.1. The number of carbonyl (C=O) groups is 1. The van der Waals surface area contributed by atoms with Crippen LogP contribution in [-0.2, 0) is 4.74 Å². The summed E-state index contributed by atoms with van der Waals surface area (Å²) in [4.78, 5) is 15.0. The Morgan fingerprint density at radius 1 is 1.50 bits per heavy atom. The van der Waals surface area contributed by atoms with Crippen LogP contribution in [-0.4, -0.2) is 41.4 Å². The van der Waals surface area contributed by atoms with Crippen molar-refractivity contribution in [2.24, 2.45) is 5.73 Å². The van der Waals surface area contributed by atoms with Crippen LogP contribution in [0.15, 0.2) is 18.3 Å². The molecule has 0 radical (unpaired) electrons. The van der Waals surface area contributed by atoms with Gasteiger partial charge >= 0.3 is 0 Å². The van der Waals surface area contributed by atoms with Crippen molar-refractivity contribution in [3.8, 4) is 0 Å². The molecule has 0 aromatic carbocycles. The number of nitrogens with zero attached hydrogens (tertiary/aromatic N) is 1. The molecular formula is C12H17N3O3. The van der Waals surface area contributed by atoms with Crippen LogP contribution in [0.1, 0.15) is 23.2 Å². The fourth-order valence-electron chi connectivity index (χ4n) is 1.97. The summed E-state index contributed by atoms with van der Waals surface area (Å²) >= 11 is 0. The summed E-state index contributed by atoms with van der Waals surface area (Å²) in [6, 6.07) is 3.30. The summed E-state index contributed by atoms with van der Waals surface area (Å²) in [6.07, 6.45) is 2.88. The molecule has 6 heteroatoms. The van der Waals surface area contributed by atoms with Crippen LogP contribution in [0.3, 0.4) is 0 Å². The van der Waals surface area contributed by atoms with Crippen molar-refractivity contribution in [1.29, 1.82) is 0 Å². The van der Waals surface area contributed by atoms with E-state index in [9.17, 15) is 9.90 Å². The van der Waals surface area contributed by atoms with Crippen molar-refractivity contribution in [2.45, 2.75) is 18.4 Å². The quantitative estimate of drug-likeness (QED) is 0.707. The Kier molecular flexibility index (Phi) is 3.78. The molecule has 0 aliphatic carbocycles. The van der Waals surface area contributed by atoms with Gasteiger partial charge in [0.25, 0.3) is 0 Å². The van der Waals surface area contributed by atoms with Gasteiger partial charge in [-0.1, -0.05) is 0 Å². The lowest BCUT2D eigenvalue weighted by Gasteiger charge is -2.36. The number of carbonyl (C=O) groups excluding carboxylic acids is 1. The number of hydrogen-bond acceptors (Lipinski definition) is 5. The molecule has 6 nitrogen and oxygen atoms in total. The van der Waals surface area contributed by atoms with Gasteiger partial charge in [0.15, 0.2) is 0 Å². The zero-order chi connectivity index (χ0) is 13.0. The van der Waals surface area contributed by atoms with E-state index in [0.717, 1.165) is 12.8 Å². The number of anilines is 1. The summed E-state index contributed by atoms with van der Waals surface area (Å²) in [5.41, 5.74) is 5.12. The number of aliphatic hydroxyl groups is 1. The molecule has 0 spiro atoms. The Morgan fingerprint density at radius 3 is 2.72 bits per heavy atom. The second kappa shape index (κ2) is 5.32. The molecule has 0 bridgehead atoms. The molecule has 98 valence electrons. The molecule has 4 N–H and O–H groups in total. The van der Waals surface area contributed by atoms with Gasteiger partial charge in [-0.05, 0) is 25.0 Å². The maximum atomic E-state index is 10.9. The number of aromatic nitrogens is 1. The average molecular weight is 251 g/mol. The minimum Gasteiger partial charge on any atom is -0.394 e. The van der Waals surface area contributed by atoms with Crippen molar-refractivity contribution in [3.05, 3.63) is 23.9 Å². The molecule has 1 aromatic heterocycles. The standard InChI is InChI=1S/C12H17N3O3/c13-11(17)9-1-2-10(14-7-9)15-12(8-16)3-5-18-6-4-12/h1-2,7,16H,3-6,8H2,(H2,13,17)(H,14,15). The van der Waals surface area contributed by atoms with Gasteiger partial charge in [-0.3, -0.25) is 4.79 Å². The number of hydrogen-bond donors (Lipinski definition) is 3. The predicted molar refractivity (Wildman–Crippen MR) is 66.2 cm³/mol. The summed E-state index contributed by atoms with van der Waals surface area (Å²) in [5, 5.41) is 12.7. The summed E-state index contributed by atoms with van der Waals surface area (Å²) < 4.78 is 5.28. The Balaban J connectivity index is 2.09. The van der Waals surface area contributed by atoms with Crippen LogP contribution in [0.25, 0.3) is 0 Å². The molecule has 0 atom stereocenters. The Hall–Kier alpha value is -1.66. The average Bonchev–Trinajstić information content (AvgIpc) is 2.40. The van der Waals surface area contributed by atoms with Gasteiger partial charge < -0.3 is 20.9 Å². The molecule has 2 heterocycles. The molecule has 1 aliphatic rings. The number of aliphatic hydroxyl groups excluding tert-OH is 1. The van der Waals surface area contributed by atoms with Crippen LogP contribution >= 0.6 is 0 Å². The van der Waals surface area contributed by atoms with Crippen molar-refractivity contribution < 1.29 is 14.6 Å². The largest absolute Gasteiger partial charge is 0.394 e. The van der Waals surface area contributed by atoms with Crippen LogP contribution in [0.2, 0.25) is 0 Å². The van der Waals surface area contributed by atoms with Gasteiger partial charge in [-0.15, -0.1) is 0 Å². The minimum atomic E-state index is -0.503. The van der Waals surface area contributed by atoms with Crippen LogP contribution in [0, 0.1) is 0 Å². The predicted octanol–water partition coefficient (Wildman–Crippen LogP) is 0.134. The van der Waals surface area contributed by atoms with Gasteiger partial charge in [0.05, 0.1) is 17.7 Å². The van der Waals surface area contributed by atoms with E-state index in [4.69, 9.17) is 10.5 Å². The van der Waals surface area contributed by atoms with Gasteiger partial charge in [-0.2, -0.15) is 0 Å². The van der Waals surface area contributed by atoms with Crippen molar-refractivity contribution in [1.82, 2.24) is 4.98 Å². The topological polar surface area (TPSA) is 97.5 Å². The highest BCUT2D eigenvalue weighted by atomic mass is 16.5. The van der Waals surface area contributed by atoms with E-state index in [1.165, 1.54) is 6.20 Å². The fourth-order valence-corrected chi connectivity index (χ4v) is 1.97. The zero-order valence-corrected chi connectivity index (χ0v) is 10.1. The molecule has 1 fully saturated rings. The monoisotopic (exact) mass is 251 g/mol. The Morgan fingerprint density at radius 2 is 2.22 bits per heavy atom. The lowest BCUT2D eigenvalue weighted by molar-refractivity contribution is 0.0378. The third-order valence-electron chi connectivity index (χ3n) is 3.19. The summed E-state index contributed by atoms with van der Waals surface area (Å²) in [7, 11) is 0. The smallest absolute Gasteiger partial charge is 0.250 e. The highest BCUT2D eigenvalue weighted by Gasteiger charge is 2.32. The third-order valence-corrected chi connectivity index (χ3v) is 3.19. The first-order chi connectivity index (χ1) is 8.65. The maximum absolute atomic E-state index is 10.9. The first-order valence-electron chi connectivity index (χ1n) is 5.88. The fraction of sp³-hybridized carbons (Fsp3) is 0.500. The normalized spacial score (nSPS) is 18.3. The number of pyridine rings is 1. The van der Waals surface area contributed by atoms with E-state index < -0.39 is 5.91 Å². The highest BCUT2D eigenvalue weighted by Crippen LogP contribution is 2.24. The molecule has 2 rings (SSSR count). The Bertz CT molecular complexity index is 413. The van der Waals surface area contributed by atoms with Gasteiger partial charge in [0.2, 0.25) is 5.91 Å². The number of ether oxygens (including phenoxy) is 1. The van der Waals surface area contributed by atoms with Crippen LogP contribution in [0.4, 0.5) is 5.82 Å². The second-order valence-corrected chi connectivity index (χ2v) is 4.47. The van der Waals surface area contributed by atoms with Crippen molar-refractivity contribution in [2.75, 3.05) is 25.1 Å². The van der Waals surface area contributed by atoms with Crippen LogP contribution in [0.5, 0.6) is 0 Å². The van der Waals surface area contributed by atoms with E-state index in [0.29, 0.717) is 24.6 Å². The minimum absolute atomic E-state index is 0.0234. The van der Waals surface area contributed by atoms with E-state index in [2.05, 4.69) is 10.3 Å². The van der Waals surface area contributed by atoms with Crippen molar-refractivity contribution >= 4 is 11.7 Å². The van der Waals surface area contributed by atoms with E-state index in [1.807, 2.05) is 0 Å². The number of primary amides is 1. The lowest BCUT2D eigenvalue weighted by atomic mass is 9.91. The second-order valence-electron chi connectivity index (χ2n) is 4.47. The molecular weight excluding hydrogens is 234 g/mol. The van der Waals surface area contributed by atoms with Gasteiger partial charge in [0.1, 0.15) is 5.82 Å². The highest BCUT2D eigenvalue weighted by molar-refractivity contribution is 5.92. The third kappa shape index (κ3) is 2.77. The number of nitrogens with one attached hydrogen (secondary N) is 1. The molecule has 1 aliphatic heterocycles. The summed E-state index contributed by atoms with van der Waals surface area (Å²) in [5.74, 6) is 0.118. The molecule has 1 amide bonds. The summed E-state index contributed by atoms with van der Waals surface area (Å²) in [6.45, 7) is 1.26. The number of rotatable bonds is 4. The van der Waals surface area contributed by atoms with Crippen molar-refractivity contribution in [3.63, 3.8) is 0 Å². The van der Waals surface area contributed by atoms with Gasteiger partial charge in [-0.25, -0.2) is 4.98 Å². The maximum Gasteiger partial charge on any atom is 0.250 e. The molecule has 0 unspecified atom stereocenters. The molecule has 1 saturated heterocycles. The van der Waals surface area contributed by atoms with E-state index >= 15 is 0 Å². The Labute approximate surface area is 105 Å².